The van der Waals surface area contributed by atoms with Crippen LogP contribution in [0.1, 0.15) is 45.4 Å². The average molecular weight is 324 g/mol. The molecule has 0 aromatic rings. The van der Waals surface area contributed by atoms with Crippen LogP contribution >= 0.6 is 0 Å². The second kappa shape index (κ2) is 8.80. The Hall–Kier alpha value is -0.160. The predicted molar refractivity (Wildman–Crippen MR) is 95.9 cm³/mol. The third-order valence-electron chi connectivity index (χ3n) is 6.56. The van der Waals surface area contributed by atoms with Crippen molar-refractivity contribution in [3.8, 4) is 0 Å². The Kier molecular flexibility index (Phi) is 6.75. The normalized spacial score (nSPS) is 27.5. The fourth-order valence-electron chi connectivity index (χ4n) is 4.73. The minimum absolute atomic E-state index is 0.673. The second-order valence-corrected chi connectivity index (χ2v) is 8.03. The monoisotopic (exact) mass is 323 g/mol. The predicted octanol–water partition coefficient (Wildman–Crippen LogP) is 2.20. The Morgan fingerprint density at radius 2 is 1.57 bits per heavy atom. The summed E-state index contributed by atoms with van der Waals surface area (Å²) in [4.78, 5) is 5.38. The van der Waals surface area contributed by atoms with Crippen LogP contribution in [0.3, 0.4) is 0 Å². The molecular formula is C19H37N3O. The minimum Gasteiger partial charge on any atom is -0.380 e. The topological polar surface area (TPSA) is 27.7 Å². The Balaban J connectivity index is 1.35. The molecule has 0 aromatic heterocycles. The van der Waals surface area contributed by atoms with E-state index in [1.165, 1.54) is 84.3 Å². The molecule has 0 aromatic carbocycles. The molecule has 0 saturated carbocycles. The van der Waals surface area contributed by atoms with Crippen molar-refractivity contribution in [2.24, 2.45) is 11.3 Å². The van der Waals surface area contributed by atoms with Gasteiger partial charge in [-0.15, -0.1) is 0 Å². The molecule has 0 bridgehead atoms. The van der Waals surface area contributed by atoms with E-state index in [-0.39, 0.29) is 0 Å². The third-order valence-corrected chi connectivity index (χ3v) is 6.56. The van der Waals surface area contributed by atoms with E-state index < -0.39 is 0 Å². The first-order valence-corrected chi connectivity index (χ1v) is 10.0. The van der Waals surface area contributed by atoms with Crippen LogP contribution in [0.25, 0.3) is 0 Å². The first-order valence-electron chi connectivity index (χ1n) is 10.0. The van der Waals surface area contributed by atoms with Gasteiger partial charge in [0.25, 0.3) is 0 Å². The Labute approximate surface area is 142 Å². The van der Waals surface area contributed by atoms with E-state index in [0.29, 0.717) is 5.41 Å². The van der Waals surface area contributed by atoms with E-state index in [4.69, 9.17) is 4.74 Å². The molecule has 134 valence electrons. The van der Waals surface area contributed by atoms with Crippen LogP contribution in [0.2, 0.25) is 0 Å². The first kappa shape index (κ1) is 17.7. The minimum atomic E-state index is 0.673. The molecule has 3 heterocycles. The largest absolute Gasteiger partial charge is 0.380 e. The lowest BCUT2D eigenvalue weighted by molar-refractivity contribution is 0.0187. The molecule has 1 spiro atoms. The van der Waals surface area contributed by atoms with Crippen LogP contribution in [0.5, 0.6) is 0 Å². The summed E-state index contributed by atoms with van der Waals surface area (Å²) in [5.74, 6) is 0.950. The van der Waals surface area contributed by atoms with Crippen LogP contribution in [-0.4, -0.2) is 75.4 Å². The fourth-order valence-corrected chi connectivity index (χ4v) is 4.73. The highest BCUT2D eigenvalue weighted by atomic mass is 16.5. The van der Waals surface area contributed by atoms with Gasteiger partial charge in [-0.25, -0.2) is 0 Å². The molecule has 3 saturated heterocycles. The molecule has 0 unspecified atom stereocenters. The molecule has 3 aliphatic heterocycles. The van der Waals surface area contributed by atoms with Crippen LogP contribution < -0.4 is 5.32 Å². The van der Waals surface area contributed by atoms with Gasteiger partial charge >= 0.3 is 0 Å². The standard InChI is InChI=1S/C19H37N3O/c1-2-23-16-15-21-11-5-19(6-12-21)7-13-22(14-8-19)17-18-3-9-20-10-4-18/h18,20H,2-17H2,1H3. The summed E-state index contributed by atoms with van der Waals surface area (Å²) in [5, 5.41) is 3.49. The van der Waals surface area contributed by atoms with Crippen LogP contribution in [0.15, 0.2) is 0 Å². The van der Waals surface area contributed by atoms with Crippen molar-refractivity contribution in [1.29, 1.82) is 0 Å². The maximum Gasteiger partial charge on any atom is 0.0593 e. The number of nitrogens with one attached hydrogen (secondary N) is 1. The molecule has 4 nitrogen and oxygen atoms in total. The Bertz CT molecular complexity index is 326. The van der Waals surface area contributed by atoms with Gasteiger partial charge in [0.1, 0.15) is 0 Å². The van der Waals surface area contributed by atoms with Gasteiger partial charge < -0.3 is 19.9 Å². The summed E-state index contributed by atoms with van der Waals surface area (Å²) in [7, 11) is 0. The van der Waals surface area contributed by atoms with Crippen molar-refractivity contribution < 1.29 is 4.74 Å². The summed E-state index contributed by atoms with van der Waals surface area (Å²) >= 11 is 0. The molecule has 0 atom stereocenters. The molecule has 0 amide bonds. The number of hydrogen-bond donors (Lipinski definition) is 1. The van der Waals surface area contributed by atoms with Crippen molar-refractivity contribution in [3.63, 3.8) is 0 Å². The highest BCUT2D eigenvalue weighted by Crippen LogP contribution is 2.41. The third kappa shape index (κ3) is 5.15. The van der Waals surface area contributed by atoms with Gasteiger partial charge in [-0.1, -0.05) is 0 Å². The number of likely N-dealkylation sites (tertiary alicyclic amines) is 2. The average Bonchev–Trinajstić information content (AvgIpc) is 2.60. The van der Waals surface area contributed by atoms with Gasteiger partial charge in [0.15, 0.2) is 0 Å². The van der Waals surface area contributed by atoms with E-state index in [1.807, 2.05) is 0 Å². The number of nitrogens with zero attached hydrogens (tertiary/aromatic N) is 2. The van der Waals surface area contributed by atoms with Crippen molar-refractivity contribution in [3.05, 3.63) is 0 Å². The van der Waals surface area contributed by atoms with Gasteiger partial charge in [0.2, 0.25) is 0 Å². The van der Waals surface area contributed by atoms with Crippen molar-refractivity contribution in [2.75, 3.05) is 65.6 Å². The van der Waals surface area contributed by atoms with Crippen LogP contribution in [0.4, 0.5) is 0 Å². The molecular weight excluding hydrogens is 286 g/mol. The van der Waals surface area contributed by atoms with E-state index in [1.54, 1.807) is 0 Å². The van der Waals surface area contributed by atoms with Gasteiger partial charge in [0.05, 0.1) is 6.61 Å². The fraction of sp³-hybridized carbons (Fsp3) is 1.00. The number of rotatable bonds is 6. The molecule has 0 aliphatic carbocycles. The number of ether oxygens (including phenoxy) is 1. The second-order valence-electron chi connectivity index (χ2n) is 8.03. The van der Waals surface area contributed by atoms with Crippen LogP contribution in [0, 0.1) is 11.3 Å². The molecule has 23 heavy (non-hydrogen) atoms. The lowest BCUT2D eigenvalue weighted by Crippen LogP contribution is -2.48. The van der Waals surface area contributed by atoms with E-state index in [9.17, 15) is 0 Å². The quantitative estimate of drug-likeness (QED) is 0.759. The number of piperidine rings is 3. The zero-order chi connectivity index (χ0) is 16.0. The summed E-state index contributed by atoms with van der Waals surface area (Å²) in [6.07, 6.45) is 8.49. The van der Waals surface area contributed by atoms with E-state index in [0.717, 1.165) is 25.7 Å². The van der Waals surface area contributed by atoms with Crippen LogP contribution in [-0.2, 0) is 4.74 Å². The van der Waals surface area contributed by atoms with Gasteiger partial charge in [-0.05, 0) is 96.1 Å². The van der Waals surface area contributed by atoms with Gasteiger partial charge in [0, 0.05) is 19.7 Å². The Morgan fingerprint density at radius 1 is 0.957 bits per heavy atom. The van der Waals surface area contributed by atoms with Crippen molar-refractivity contribution in [1.82, 2.24) is 15.1 Å². The van der Waals surface area contributed by atoms with E-state index >= 15 is 0 Å². The molecule has 4 heteroatoms. The van der Waals surface area contributed by atoms with Crippen molar-refractivity contribution >= 4 is 0 Å². The first-order chi connectivity index (χ1) is 11.3. The Morgan fingerprint density at radius 3 is 2.17 bits per heavy atom. The lowest BCUT2D eigenvalue weighted by atomic mass is 9.71. The zero-order valence-corrected chi connectivity index (χ0v) is 15.2. The maximum atomic E-state index is 5.51. The summed E-state index contributed by atoms with van der Waals surface area (Å²) in [5.41, 5.74) is 0.673. The smallest absolute Gasteiger partial charge is 0.0593 e. The van der Waals surface area contributed by atoms with Gasteiger partial charge in [-0.3, -0.25) is 0 Å². The molecule has 3 aliphatic rings. The molecule has 0 radical (unpaired) electrons. The SMILES string of the molecule is CCOCCN1CCC2(CC1)CCN(CC1CCNCC1)CC2. The molecule has 3 fully saturated rings. The maximum absolute atomic E-state index is 5.51. The lowest BCUT2D eigenvalue weighted by Gasteiger charge is -2.47. The highest BCUT2D eigenvalue weighted by molar-refractivity contribution is 4.91. The summed E-state index contributed by atoms with van der Waals surface area (Å²) < 4.78 is 5.51. The molecule has 3 rings (SSSR count). The summed E-state index contributed by atoms with van der Waals surface area (Å²) in [6.45, 7) is 14.1. The van der Waals surface area contributed by atoms with Gasteiger partial charge in [-0.2, -0.15) is 0 Å². The van der Waals surface area contributed by atoms with Crippen molar-refractivity contribution in [2.45, 2.75) is 45.4 Å². The number of hydrogen-bond acceptors (Lipinski definition) is 4. The highest BCUT2D eigenvalue weighted by Gasteiger charge is 2.37. The molecule has 1 N–H and O–H groups in total. The van der Waals surface area contributed by atoms with E-state index in [2.05, 4.69) is 22.0 Å². The zero-order valence-electron chi connectivity index (χ0n) is 15.2. The summed E-state index contributed by atoms with van der Waals surface area (Å²) in [6, 6.07) is 0.